The Hall–Kier alpha value is -1.92. The first kappa shape index (κ1) is 17.9. The summed E-state index contributed by atoms with van der Waals surface area (Å²) in [5, 5.41) is 6.08. The summed E-state index contributed by atoms with van der Waals surface area (Å²) in [5.74, 6) is -0.0115. The average Bonchev–Trinajstić information content (AvgIpc) is 3.14. The summed E-state index contributed by atoms with van der Waals surface area (Å²) in [5.41, 5.74) is 1.30. The average molecular weight is 344 g/mol. The van der Waals surface area contributed by atoms with Gasteiger partial charge in [0.05, 0.1) is 6.54 Å². The monoisotopic (exact) mass is 344 g/mol. The number of hydrogen-bond donors (Lipinski definition) is 2. The lowest BCUT2D eigenvalue weighted by Gasteiger charge is -2.34. The Labute approximate surface area is 149 Å². The Morgan fingerprint density at radius 2 is 1.88 bits per heavy atom. The fourth-order valence-corrected chi connectivity index (χ4v) is 3.51. The Morgan fingerprint density at radius 3 is 2.56 bits per heavy atom. The highest BCUT2D eigenvalue weighted by Crippen LogP contribution is 2.09. The second-order valence-corrected chi connectivity index (χ2v) is 6.92. The summed E-state index contributed by atoms with van der Waals surface area (Å²) in [6.07, 6.45) is 2.65. The molecule has 2 N–H and O–H groups in total. The van der Waals surface area contributed by atoms with Crippen molar-refractivity contribution < 1.29 is 9.59 Å². The summed E-state index contributed by atoms with van der Waals surface area (Å²) in [6, 6.07) is 10.7. The van der Waals surface area contributed by atoms with Crippen LogP contribution in [0.4, 0.5) is 0 Å². The minimum atomic E-state index is -0.0320. The van der Waals surface area contributed by atoms with E-state index in [9.17, 15) is 9.59 Å². The number of benzene rings is 1. The van der Waals surface area contributed by atoms with Gasteiger partial charge in [-0.3, -0.25) is 14.5 Å². The molecule has 0 radical (unpaired) electrons. The molecule has 2 heterocycles. The number of amides is 2. The molecule has 6 heteroatoms. The number of piperazine rings is 1. The largest absolute Gasteiger partial charge is 0.347 e. The fourth-order valence-electron chi connectivity index (χ4n) is 3.51. The van der Waals surface area contributed by atoms with Gasteiger partial charge >= 0.3 is 0 Å². The predicted molar refractivity (Wildman–Crippen MR) is 97.0 cm³/mol. The fraction of sp³-hybridized carbons (Fsp3) is 0.579. The van der Waals surface area contributed by atoms with Gasteiger partial charge in [-0.2, -0.15) is 0 Å². The van der Waals surface area contributed by atoms with E-state index in [0.717, 1.165) is 52.1 Å². The Morgan fingerprint density at radius 1 is 1.12 bits per heavy atom. The zero-order valence-corrected chi connectivity index (χ0v) is 14.7. The van der Waals surface area contributed by atoms with Crippen molar-refractivity contribution in [3.8, 4) is 0 Å². The van der Waals surface area contributed by atoms with Gasteiger partial charge < -0.3 is 15.5 Å². The molecule has 1 atom stereocenters. The minimum absolute atomic E-state index is 0.0205. The summed E-state index contributed by atoms with van der Waals surface area (Å²) in [6.45, 7) is 5.24. The molecule has 0 spiro atoms. The zero-order valence-electron chi connectivity index (χ0n) is 14.7. The van der Waals surface area contributed by atoms with Crippen molar-refractivity contribution in [1.82, 2.24) is 20.4 Å². The number of carbonyl (C=O) groups excluding carboxylic acids is 2. The zero-order chi connectivity index (χ0) is 17.5. The summed E-state index contributed by atoms with van der Waals surface area (Å²) in [7, 11) is 0. The molecule has 3 rings (SSSR count). The van der Waals surface area contributed by atoms with Crippen LogP contribution < -0.4 is 10.6 Å². The van der Waals surface area contributed by atoms with Gasteiger partial charge in [0.1, 0.15) is 0 Å². The summed E-state index contributed by atoms with van der Waals surface area (Å²) >= 11 is 0. The van der Waals surface area contributed by atoms with Crippen molar-refractivity contribution in [2.75, 3.05) is 39.3 Å². The predicted octanol–water partition coefficient (Wildman–Crippen LogP) is 0.589. The van der Waals surface area contributed by atoms with Crippen LogP contribution >= 0.6 is 0 Å². The van der Waals surface area contributed by atoms with Crippen LogP contribution in [0.2, 0.25) is 0 Å². The van der Waals surface area contributed by atoms with E-state index in [2.05, 4.69) is 39.8 Å². The van der Waals surface area contributed by atoms with E-state index in [-0.39, 0.29) is 24.4 Å². The van der Waals surface area contributed by atoms with E-state index < -0.39 is 0 Å². The molecule has 6 nitrogen and oxygen atoms in total. The van der Waals surface area contributed by atoms with Crippen molar-refractivity contribution in [2.45, 2.75) is 31.8 Å². The van der Waals surface area contributed by atoms with Gasteiger partial charge in [0.15, 0.2) is 0 Å². The highest BCUT2D eigenvalue weighted by molar-refractivity contribution is 5.85. The molecule has 2 amide bonds. The first-order valence-electron chi connectivity index (χ1n) is 9.25. The standard InChI is InChI=1S/C19H28N4O2/c24-18(13-17-7-4-8-20-17)21-14-19(25)23-11-9-22(10-12-23)15-16-5-2-1-3-6-16/h1-3,5-6,17,20H,4,7-15H2,(H,21,24). The first-order chi connectivity index (χ1) is 12.2. The van der Waals surface area contributed by atoms with Crippen LogP contribution in [0.25, 0.3) is 0 Å². The quantitative estimate of drug-likeness (QED) is 0.793. The molecular weight excluding hydrogens is 316 g/mol. The maximum absolute atomic E-state index is 12.3. The molecule has 25 heavy (non-hydrogen) atoms. The Balaban J connectivity index is 1.34. The van der Waals surface area contributed by atoms with Crippen LogP contribution in [0.3, 0.4) is 0 Å². The van der Waals surface area contributed by atoms with Gasteiger partial charge in [-0.1, -0.05) is 30.3 Å². The van der Waals surface area contributed by atoms with Crippen molar-refractivity contribution in [3.05, 3.63) is 35.9 Å². The third-order valence-corrected chi connectivity index (χ3v) is 5.00. The number of hydrogen-bond acceptors (Lipinski definition) is 4. The second kappa shape index (κ2) is 8.97. The molecule has 2 fully saturated rings. The molecule has 2 aliphatic rings. The highest BCUT2D eigenvalue weighted by Gasteiger charge is 2.22. The molecule has 2 saturated heterocycles. The van der Waals surface area contributed by atoms with Gasteiger partial charge in [0.25, 0.3) is 0 Å². The van der Waals surface area contributed by atoms with E-state index in [1.165, 1.54) is 5.56 Å². The number of carbonyl (C=O) groups is 2. The SMILES string of the molecule is O=C(CC1CCCN1)NCC(=O)N1CCN(Cc2ccccc2)CC1. The van der Waals surface area contributed by atoms with Crippen LogP contribution in [-0.4, -0.2) is 66.9 Å². The molecule has 1 aromatic carbocycles. The third-order valence-electron chi connectivity index (χ3n) is 5.00. The lowest BCUT2D eigenvalue weighted by molar-refractivity contribution is -0.134. The lowest BCUT2D eigenvalue weighted by atomic mass is 10.1. The number of nitrogens with one attached hydrogen (secondary N) is 2. The Kier molecular flexibility index (Phi) is 6.42. The van der Waals surface area contributed by atoms with Crippen LogP contribution in [-0.2, 0) is 16.1 Å². The molecule has 0 aliphatic carbocycles. The van der Waals surface area contributed by atoms with Gasteiger partial charge in [0, 0.05) is 45.2 Å². The van der Waals surface area contributed by atoms with Crippen molar-refractivity contribution in [3.63, 3.8) is 0 Å². The van der Waals surface area contributed by atoms with E-state index in [1.54, 1.807) is 0 Å². The van der Waals surface area contributed by atoms with E-state index in [0.29, 0.717) is 6.42 Å². The molecule has 0 bridgehead atoms. The number of rotatable bonds is 6. The third kappa shape index (κ3) is 5.54. The van der Waals surface area contributed by atoms with Gasteiger partial charge in [-0.15, -0.1) is 0 Å². The minimum Gasteiger partial charge on any atom is -0.347 e. The van der Waals surface area contributed by atoms with Crippen molar-refractivity contribution in [2.24, 2.45) is 0 Å². The van der Waals surface area contributed by atoms with Crippen LogP contribution in [0, 0.1) is 0 Å². The highest BCUT2D eigenvalue weighted by atomic mass is 16.2. The smallest absolute Gasteiger partial charge is 0.242 e. The maximum atomic E-state index is 12.3. The van der Waals surface area contributed by atoms with Crippen LogP contribution in [0.1, 0.15) is 24.8 Å². The summed E-state index contributed by atoms with van der Waals surface area (Å²) < 4.78 is 0. The van der Waals surface area contributed by atoms with Gasteiger partial charge in [-0.25, -0.2) is 0 Å². The Bertz CT molecular complexity index is 564. The molecular formula is C19H28N4O2. The van der Waals surface area contributed by atoms with E-state index in [1.807, 2.05) is 11.0 Å². The molecule has 1 unspecified atom stereocenters. The normalized spacial score (nSPS) is 21.3. The van der Waals surface area contributed by atoms with Crippen LogP contribution in [0.15, 0.2) is 30.3 Å². The van der Waals surface area contributed by atoms with Crippen LogP contribution in [0.5, 0.6) is 0 Å². The maximum Gasteiger partial charge on any atom is 0.242 e. The topological polar surface area (TPSA) is 64.7 Å². The van der Waals surface area contributed by atoms with Crippen molar-refractivity contribution in [1.29, 1.82) is 0 Å². The van der Waals surface area contributed by atoms with Gasteiger partial charge in [0.2, 0.25) is 11.8 Å². The molecule has 1 aromatic rings. The molecule has 0 aromatic heterocycles. The van der Waals surface area contributed by atoms with E-state index in [4.69, 9.17) is 0 Å². The van der Waals surface area contributed by atoms with Crippen molar-refractivity contribution >= 4 is 11.8 Å². The second-order valence-electron chi connectivity index (χ2n) is 6.92. The molecule has 0 saturated carbocycles. The molecule has 136 valence electrons. The lowest BCUT2D eigenvalue weighted by Crippen LogP contribution is -2.51. The molecule has 2 aliphatic heterocycles. The first-order valence-corrected chi connectivity index (χ1v) is 9.25. The summed E-state index contributed by atoms with van der Waals surface area (Å²) in [4.78, 5) is 28.4. The van der Waals surface area contributed by atoms with Gasteiger partial charge in [-0.05, 0) is 24.9 Å². The van der Waals surface area contributed by atoms with E-state index >= 15 is 0 Å². The number of nitrogens with zero attached hydrogens (tertiary/aromatic N) is 2.